The molecule has 0 bridgehead atoms. The van der Waals surface area contributed by atoms with Gasteiger partial charge >= 0.3 is 0 Å². The Bertz CT molecular complexity index is 262. The van der Waals surface area contributed by atoms with Crippen molar-refractivity contribution in [3.8, 4) is 0 Å². The van der Waals surface area contributed by atoms with Gasteiger partial charge in [-0.05, 0) is 66.3 Å². The zero-order chi connectivity index (χ0) is 15.7. The Morgan fingerprint density at radius 1 is 0.870 bits per heavy atom. The number of nitrogens with zero attached hydrogens (tertiary/aromatic N) is 2. The second-order valence-electron chi connectivity index (χ2n) is 7.13. The lowest BCUT2D eigenvalue weighted by atomic mass is 10.0. The molecule has 0 aromatic heterocycles. The highest BCUT2D eigenvalue weighted by molar-refractivity contribution is 14.0. The van der Waals surface area contributed by atoms with Gasteiger partial charge in [-0.3, -0.25) is 4.90 Å². The molecule has 0 aromatic carbocycles. The maximum atomic E-state index is 2.73. The molecule has 0 N–H and O–H groups in total. The summed E-state index contributed by atoms with van der Waals surface area (Å²) < 4.78 is 1.32. The molecule has 0 saturated carbocycles. The fraction of sp³-hybridized carbons (Fsp3) is 1.00. The van der Waals surface area contributed by atoms with Crippen molar-refractivity contribution < 1.29 is 28.5 Å². The Hall–Kier alpha value is 1.38. The molecule has 0 spiro atoms. The summed E-state index contributed by atoms with van der Waals surface area (Å²) in [5.74, 6) is 0. The molecule has 1 fully saturated rings. The van der Waals surface area contributed by atoms with Crippen LogP contribution in [0.2, 0.25) is 0 Å². The highest BCUT2D eigenvalue weighted by Gasteiger charge is 2.28. The van der Waals surface area contributed by atoms with Gasteiger partial charge in [-0.25, -0.2) is 0 Å². The van der Waals surface area contributed by atoms with Gasteiger partial charge in [-0.15, -0.1) is 24.0 Å². The zero-order valence-electron chi connectivity index (χ0n) is 16.3. The Morgan fingerprint density at radius 2 is 1.43 bits per heavy atom. The van der Waals surface area contributed by atoms with E-state index in [0.29, 0.717) is 0 Å². The number of hydrogen-bond donors (Lipinski definition) is 0. The number of likely N-dealkylation sites (tertiary alicyclic amines) is 1. The van der Waals surface area contributed by atoms with Crippen LogP contribution in [0.3, 0.4) is 0 Å². The topological polar surface area (TPSA) is 3.24 Å². The summed E-state index contributed by atoms with van der Waals surface area (Å²) in [6.07, 6.45) is 10.0. The average molecular weight is 552 g/mol. The van der Waals surface area contributed by atoms with E-state index in [2.05, 4.69) is 39.5 Å². The minimum atomic E-state index is 0. The van der Waals surface area contributed by atoms with Crippen molar-refractivity contribution in [2.45, 2.75) is 91.6 Å². The third-order valence-electron chi connectivity index (χ3n) is 6.25. The minimum absolute atomic E-state index is 0. The molecule has 0 radical (unpaired) electrons. The van der Waals surface area contributed by atoms with E-state index < -0.39 is 0 Å². The second-order valence-corrected chi connectivity index (χ2v) is 7.13. The molecule has 142 valence electrons. The lowest BCUT2D eigenvalue weighted by molar-refractivity contribution is -0.923. The van der Waals surface area contributed by atoms with Crippen LogP contribution in [0.25, 0.3) is 0 Å². The van der Waals surface area contributed by atoms with E-state index in [1.807, 2.05) is 0 Å². The zero-order valence-corrected chi connectivity index (χ0v) is 20.8. The maximum absolute atomic E-state index is 2.73. The van der Waals surface area contributed by atoms with E-state index in [9.17, 15) is 0 Å². The van der Waals surface area contributed by atoms with Crippen LogP contribution < -0.4 is 24.0 Å². The summed E-state index contributed by atoms with van der Waals surface area (Å²) >= 11 is 0. The van der Waals surface area contributed by atoms with Crippen LogP contribution in [-0.4, -0.2) is 54.2 Å². The first kappa shape index (κ1) is 26.6. The maximum Gasteiger partial charge on any atom is 0.0786 e. The standard InChI is InChI=1S/C19H41N2.2HI/c1-6-20-18(5)15-16-19(20)14-12-10-11-13-17-21(7-2,8-3)9-4;;/h18-19H,6-17H2,1-5H3;2*1H/q+1;;/p-1. The van der Waals surface area contributed by atoms with Gasteiger partial charge in [0.2, 0.25) is 0 Å². The fourth-order valence-corrected chi connectivity index (χ4v) is 4.33. The van der Waals surface area contributed by atoms with E-state index in [0.717, 1.165) is 12.1 Å². The summed E-state index contributed by atoms with van der Waals surface area (Å²) in [5.41, 5.74) is 0. The van der Waals surface area contributed by atoms with Crippen molar-refractivity contribution in [2.75, 3.05) is 32.7 Å². The third kappa shape index (κ3) is 8.54. The van der Waals surface area contributed by atoms with Crippen molar-refractivity contribution in [1.29, 1.82) is 0 Å². The lowest BCUT2D eigenvalue weighted by Crippen LogP contribution is -3.00. The molecule has 0 aromatic rings. The molecule has 2 nitrogen and oxygen atoms in total. The fourth-order valence-electron chi connectivity index (χ4n) is 4.33. The van der Waals surface area contributed by atoms with E-state index in [4.69, 9.17) is 0 Å². The van der Waals surface area contributed by atoms with Crippen LogP contribution in [0.5, 0.6) is 0 Å². The van der Waals surface area contributed by atoms with Crippen molar-refractivity contribution >= 4 is 24.0 Å². The third-order valence-corrected chi connectivity index (χ3v) is 6.25. The monoisotopic (exact) mass is 552 g/mol. The minimum Gasteiger partial charge on any atom is -1.00 e. The van der Waals surface area contributed by atoms with Crippen LogP contribution in [0.15, 0.2) is 0 Å². The molecular formula is C19H42I2N2. The van der Waals surface area contributed by atoms with Gasteiger partial charge in [0.25, 0.3) is 0 Å². The summed E-state index contributed by atoms with van der Waals surface area (Å²) in [7, 11) is 0. The Balaban J connectivity index is 0. The van der Waals surface area contributed by atoms with Gasteiger partial charge in [-0.1, -0.05) is 19.8 Å². The Labute approximate surface area is 180 Å². The molecule has 1 heterocycles. The first-order chi connectivity index (χ1) is 10.1. The van der Waals surface area contributed by atoms with Crippen LogP contribution in [0.4, 0.5) is 0 Å². The largest absolute Gasteiger partial charge is 1.00 e. The predicted molar refractivity (Wildman–Crippen MR) is 110 cm³/mol. The second kappa shape index (κ2) is 14.5. The quantitative estimate of drug-likeness (QED) is 0.216. The number of quaternary nitrogens is 1. The summed E-state index contributed by atoms with van der Waals surface area (Å²) in [5, 5.41) is 0. The highest BCUT2D eigenvalue weighted by atomic mass is 127. The normalized spacial score (nSPS) is 21.8. The Kier molecular flexibility index (Phi) is 16.8. The summed E-state index contributed by atoms with van der Waals surface area (Å²) in [6, 6.07) is 1.72. The van der Waals surface area contributed by atoms with Crippen LogP contribution in [0, 0.1) is 0 Å². The van der Waals surface area contributed by atoms with Crippen molar-refractivity contribution in [3.05, 3.63) is 0 Å². The molecule has 1 rings (SSSR count). The molecule has 23 heavy (non-hydrogen) atoms. The molecule has 4 heteroatoms. The highest BCUT2D eigenvalue weighted by Crippen LogP contribution is 2.27. The van der Waals surface area contributed by atoms with Gasteiger partial charge in [0.1, 0.15) is 0 Å². The molecule has 1 saturated heterocycles. The van der Waals surface area contributed by atoms with Gasteiger partial charge in [0.15, 0.2) is 0 Å². The molecule has 0 amide bonds. The van der Waals surface area contributed by atoms with Gasteiger partial charge < -0.3 is 28.5 Å². The molecule has 0 aliphatic carbocycles. The summed E-state index contributed by atoms with van der Waals surface area (Å²) in [6.45, 7) is 18.3. The molecule has 2 unspecified atom stereocenters. The first-order valence-electron chi connectivity index (χ1n) is 9.73. The van der Waals surface area contributed by atoms with E-state index in [1.165, 1.54) is 82.2 Å². The lowest BCUT2D eigenvalue weighted by Gasteiger charge is -2.35. The predicted octanol–water partition coefficient (Wildman–Crippen LogP) is 2.31. The molecule has 2 atom stereocenters. The average Bonchev–Trinajstić information content (AvgIpc) is 2.87. The van der Waals surface area contributed by atoms with Gasteiger partial charge in [0, 0.05) is 12.1 Å². The number of halogens is 2. The Morgan fingerprint density at radius 3 is 1.96 bits per heavy atom. The molecule has 1 aliphatic rings. The SMILES string of the molecule is CCN1C(C)CCC1CCCCCC[N+](CC)(CC)CC.I.[I-]. The number of rotatable bonds is 11. The summed E-state index contributed by atoms with van der Waals surface area (Å²) in [4.78, 5) is 2.73. The first-order valence-corrected chi connectivity index (χ1v) is 9.73. The molecular weight excluding hydrogens is 510 g/mol. The van der Waals surface area contributed by atoms with Gasteiger partial charge in [0.05, 0.1) is 26.2 Å². The van der Waals surface area contributed by atoms with E-state index in [-0.39, 0.29) is 48.0 Å². The van der Waals surface area contributed by atoms with Crippen molar-refractivity contribution in [1.82, 2.24) is 4.90 Å². The van der Waals surface area contributed by atoms with Crippen LogP contribution in [0.1, 0.15) is 79.6 Å². The number of unbranched alkanes of at least 4 members (excludes halogenated alkanes) is 3. The van der Waals surface area contributed by atoms with Crippen molar-refractivity contribution in [3.63, 3.8) is 0 Å². The smallest absolute Gasteiger partial charge is 0.0786 e. The van der Waals surface area contributed by atoms with Crippen molar-refractivity contribution in [2.24, 2.45) is 0 Å². The van der Waals surface area contributed by atoms with Crippen LogP contribution >= 0.6 is 24.0 Å². The van der Waals surface area contributed by atoms with Gasteiger partial charge in [-0.2, -0.15) is 0 Å². The number of hydrogen-bond acceptors (Lipinski definition) is 1. The molecule has 1 aliphatic heterocycles. The van der Waals surface area contributed by atoms with Crippen LogP contribution in [-0.2, 0) is 0 Å². The van der Waals surface area contributed by atoms with E-state index >= 15 is 0 Å². The van der Waals surface area contributed by atoms with E-state index in [1.54, 1.807) is 0 Å².